The van der Waals surface area contributed by atoms with E-state index in [4.69, 9.17) is 5.26 Å². The molecule has 5 heteroatoms. The van der Waals surface area contributed by atoms with Gasteiger partial charge in [0.15, 0.2) is 0 Å². The predicted molar refractivity (Wildman–Crippen MR) is 78.1 cm³/mol. The van der Waals surface area contributed by atoms with E-state index in [0.717, 1.165) is 15.9 Å². The van der Waals surface area contributed by atoms with Crippen LogP contribution >= 0.6 is 15.9 Å². The van der Waals surface area contributed by atoms with Crippen LogP contribution in [0.1, 0.15) is 25.1 Å². The molecule has 1 heterocycles. The topological polar surface area (TPSA) is 53.6 Å². The van der Waals surface area contributed by atoms with Crippen molar-refractivity contribution < 1.29 is 0 Å². The highest BCUT2D eigenvalue weighted by atomic mass is 79.9. The van der Waals surface area contributed by atoms with E-state index in [1.165, 1.54) is 0 Å². The average Bonchev–Trinajstić information content (AvgIpc) is 2.88. The maximum absolute atomic E-state index is 8.91. The molecule has 0 saturated carbocycles. The van der Waals surface area contributed by atoms with Crippen LogP contribution in [0.5, 0.6) is 0 Å². The van der Waals surface area contributed by atoms with Crippen LogP contribution in [-0.2, 0) is 5.54 Å². The lowest BCUT2D eigenvalue weighted by molar-refractivity contribution is 0.424. The Morgan fingerprint density at radius 3 is 2.74 bits per heavy atom. The molecule has 2 rings (SSSR count). The molecular formula is C14H15BrN4. The number of halogens is 1. The van der Waals surface area contributed by atoms with Crippen molar-refractivity contribution in [3.05, 3.63) is 46.5 Å². The lowest BCUT2D eigenvalue weighted by Gasteiger charge is -2.25. The Morgan fingerprint density at radius 1 is 1.42 bits per heavy atom. The van der Waals surface area contributed by atoms with Crippen molar-refractivity contribution in [3.8, 4) is 11.8 Å². The number of benzene rings is 1. The third-order valence-corrected chi connectivity index (χ3v) is 3.88. The van der Waals surface area contributed by atoms with E-state index in [-0.39, 0.29) is 5.54 Å². The summed E-state index contributed by atoms with van der Waals surface area (Å²) < 4.78 is 2.89. The summed E-state index contributed by atoms with van der Waals surface area (Å²) >= 11 is 3.51. The van der Waals surface area contributed by atoms with E-state index in [2.05, 4.69) is 46.1 Å². The maximum atomic E-state index is 8.91. The number of hydrogen-bond donors (Lipinski definition) is 1. The van der Waals surface area contributed by atoms with Crippen molar-refractivity contribution in [3.63, 3.8) is 0 Å². The molecule has 1 N–H and O–H groups in total. The van der Waals surface area contributed by atoms with Gasteiger partial charge in [0.1, 0.15) is 0 Å². The number of nitrogens with one attached hydrogen (secondary N) is 1. The smallest absolute Gasteiger partial charge is 0.0995 e. The molecule has 98 valence electrons. The molecule has 19 heavy (non-hydrogen) atoms. The van der Waals surface area contributed by atoms with E-state index >= 15 is 0 Å². The standard InChI is InChI=1S/C14H15BrN4/c1-14(2,17-3)13-8-18-9-19(13)12-5-4-10(7-16)6-11(12)15/h4-6,8-9,17H,1-3H3. The van der Waals surface area contributed by atoms with Crippen LogP contribution in [0.15, 0.2) is 35.2 Å². The number of hydrogen-bond acceptors (Lipinski definition) is 3. The zero-order valence-corrected chi connectivity index (χ0v) is 12.7. The van der Waals surface area contributed by atoms with Crippen LogP contribution in [-0.4, -0.2) is 16.6 Å². The lowest BCUT2D eigenvalue weighted by atomic mass is 10.0. The highest BCUT2D eigenvalue weighted by Gasteiger charge is 2.23. The van der Waals surface area contributed by atoms with Gasteiger partial charge in [0.05, 0.1) is 41.1 Å². The summed E-state index contributed by atoms with van der Waals surface area (Å²) in [5, 5.41) is 12.2. The fourth-order valence-electron chi connectivity index (χ4n) is 1.85. The van der Waals surface area contributed by atoms with E-state index in [1.807, 2.05) is 29.9 Å². The van der Waals surface area contributed by atoms with Crippen LogP contribution in [0, 0.1) is 11.3 Å². The van der Waals surface area contributed by atoms with Crippen molar-refractivity contribution in [2.75, 3.05) is 7.05 Å². The third-order valence-electron chi connectivity index (χ3n) is 3.24. The van der Waals surface area contributed by atoms with Gasteiger partial charge in [-0.2, -0.15) is 5.26 Å². The summed E-state index contributed by atoms with van der Waals surface area (Å²) in [6, 6.07) is 7.66. The zero-order valence-electron chi connectivity index (χ0n) is 11.1. The molecular weight excluding hydrogens is 304 g/mol. The molecule has 0 saturated heterocycles. The van der Waals surface area contributed by atoms with Crippen molar-refractivity contribution in [2.45, 2.75) is 19.4 Å². The SMILES string of the molecule is CNC(C)(C)c1cncn1-c1ccc(C#N)cc1Br. The molecule has 0 fully saturated rings. The Labute approximate surface area is 121 Å². The summed E-state index contributed by atoms with van der Waals surface area (Å²) in [4.78, 5) is 4.23. The summed E-state index contributed by atoms with van der Waals surface area (Å²) in [7, 11) is 1.92. The molecule has 2 aromatic rings. The second-order valence-corrected chi connectivity index (χ2v) is 5.66. The molecule has 0 aliphatic carbocycles. The first kappa shape index (κ1) is 13.8. The van der Waals surface area contributed by atoms with E-state index in [1.54, 1.807) is 12.4 Å². The van der Waals surface area contributed by atoms with Crippen LogP contribution in [0.2, 0.25) is 0 Å². The van der Waals surface area contributed by atoms with Crippen LogP contribution in [0.25, 0.3) is 5.69 Å². The molecule has 1 aromatic heterocycles. The lowest BCUT2D eigenvalue weighted by Crippen LogP contribution is -2.35. The van der Waals surface area contributed by atoms with Gasteiger partial charge in [-0.1, -0.05) is 0 Å². The van der Waals surface area contributed by atoms with Crippen molar-refractivity contribution in [2.24, 2.45) is 0 Å². The summed E-state index contributed by atoms with van der Waals surface area (Å²) in [6.07, 6.45) is 3.63. The Hall–Kier alpha value is -1.64. The zero-order chi connectivity index (χ0) is 14.0. The number of nitrogens with zero attached hydrogens (tertiary/aromatic N) is 3. The molecule has 0 amide bonds. The quantitative estimate of drug-likeness (QED) is 0.946. The van der Waals surface area contributed by atoms with Gasteiger partial charge in [-0.05, 0) is 55.0 Å². The highest BCUT2D eigenvalue weighted by Crippen LogP contribution is 2.27. The van der Waals surface area contributed by atoms with E-state index in [9.17, 15) is 0 Å². The molecule has 0 radical (unpaired) electrons. The predicted octanol–water partition coefficient (Wildman–Crippen LogP) is 2.96. The molecule has 0 spiro atoms. The maximum Gasteiger partial charge on any atom is 0.0995 e. The van der Waals surface area contributed by atoms with Gasteiger partial charge in [-0.25, -0.2) is 4.98 Å². The first-order chi connectivity index (χ1) is 8.99. The monoisotopic (exact) mass is 318 g/mol. The minimum atomic E-state index is -0.191. The summed E-state index contributed by atoms with van der Waals surface area (Å²) in [5.41, 5.74) is 2.46. The molecule has 0 atom stereocenters. The van der Waals surface area contributed by atoms with Crippen molar-refractivity contribution in [1.82, 2.24) is 14.9 Å². The van der Waals surface area contributed by atoms with Gasteiger partial charge >= 0.3 is 0 Å². The van der Waals surface area contributed by atoms with Gasteiger partial charge in [0, 0.05) is 4.47 Å². The number of imidazole rings is 1. The molecule has 0 bridgehead atoms. The normalized spacial score (nSPS) is 11.3. The van der Waals surface area contributed by atoms with Gasteiger partial charge in [0.25, 0.3) is 0 Å². The number of rotatable bonds is 3. The van der Waals surface area contributed by atoms with E-state index < -0.39 is 0 Å². The minimum Gasteiger partial charge on any atom is -0.310 e. The van der Waals surface area contributed by atoms with Crippen LogP contribution < -0.4 is 5.32 Å². The summed E-state index contributed by atoms with van der Waals surface area (Å²) in [6.45, 7) is 4.19. The average molecular weight is 319 g/mol. The molecule has 0 aliphatic heterocycles. The van der Waals surface area contributed by atoms with Crippen molar-refractivity contribution in [1.29, 1.82) is 5.26 Å². The molecule has 1 aromatic carbocycles. The Bertz CT molecular complexity index is 637. The Kier molecular flexibility index (Phi) is 3.74. The second-order valence-electron chi connectivity index (χ2n) is 4.80. The van der Waals surface area contributed by atoms with E-state index in [0.29, 0.717) is 5.56 Å². The first-order valence-corrected chi connectivity index (χ1v) is 6.70. The number of aromatic nitrogens is 2. The number of nitriles is 1. The molecule has 0 aliphatic rings. The second kappa shape index (κ2) is 5.16. The Morgan fingerprint density at radius 2 is 2.16 bits per heavy atom. The largest absolute Gasteiger partial charge is 0.310 e. The van der Waals surface area contributed by atoms with Crippen LogP contribution in [0.4, 0.5) is 0 Å². The molecule has 0 unspecified atom stereocenters. The fourth-order valence-corrected chi connectivity index (χ4v) is 2.42. The third kappa shape index (κ3) is 2.55. The minimum absolute atomic E-state index is 0.191. The highest BCUT2D eigenvalue weighted by molar-refractivity contribution is 9.10. The van der Waals surface area contributed by atoms with Crippen molar-refractivity contribution >= 4 is 15.9 Å². The van der Waals surface area contributed by atoms with Gasteiger partial charge < -0.3 is 9.88 Å². The van der Waals surface area contributed by atoms with Gasteiger partial charge in [-0.3, -0.25) is 0 Å². The van der Waals surface area contributed by atoms with Crippen LogP contribution in [0.3, 0.4) is 0 Å². The fraction of sp³-hybridized carbons (Fsp3) is 0.286. The summed E-state index contributed by atoms with van der Waals surface area (Å²) in [5.74, 6) is 0. The Balaban J connectivity index is 2.56. The van der Waals surface area contributed by atoms with Gasteiger partial charge in [-0.15, -0.1) is 0 Å². The molecule has 4 nitrogen and oxygen atoms in total. The van der Waals surface area contributed by atoms with Gasteiger partial charge in [0.2, 0.25) is 0 Å². The first-order valence-electron chi connectivity index (χ1n) is 5.91.